The Morgan fingerprint density at radius 2 is 1.73 bits per heavy atom. The topological polar surface area (TPSA) is 0 Å². The van der Waals surface area contributed by atoms with Crippen molar-refractivity contribution >= 4 is 31.9 Å². The summed E-state index contributed by atoms with van der Waals surface area (Å²) in [5.41, 5.74) is 0. The predicted octanol–water partition coefficient (Wildman–Crippen LogP) is 4.22. The smallest absolute Gasteiger partial charge is 0.00677 e. The van der Waals surface area contributed by atoms with Gasteiger partial charge >= 0.3 is 0 Å². The van der Waals surface area contributed by atoms with Gasteiger partial charge in [-0.2, -0.15) is 0 Å². The number of alkyl halides is 2. The van der Waals surface area contributed by atoms with E-state index in [2.05, 4.69) is 45.7 Å². The number of halogens is 2. The third-order valence-electron chi connectivity index (χ3n) is 1.95. The van der Waals surface area contributed by atoms with E-state index in [0.717, 1.165) is 22.5 Å². The standard InChI is InChI=1S/C9H18Br2/c1-3-4-8(2)5-9(6-10)7-11/h8-9H,3-7H2,1-2H3. The second-order valence-electron chi connectivity index (χ2n) is 3.30. The molecular weight excluding hydrogens is 268 g/mol. The van der Waals surface area contributed by atoms with E-state index in [1.54, 1.807) is 0 Å². The molecule has 0 aromatic heterocycles. The Balaban J connectivity index is 3.44. The van der Waals surface area contributed by atoms with Gasteiger partial charge in [-0.15, -0.1) is 0 Å². The zero-order valence-electron chi connectivity index (χ0n) is 7.45. The van der Waals surface area contributed by atoms with E-state index in [9.17, 15) is 0 Å². The molecule has 0 heterocycles. The van der Waals surface area contributed by atoms with E-state index >= 15 is 0 Å². The van der Waals surface area contributed by atoms with Crippen LogP contribution in [0.4, 0.5) is 0 Å². The Kier molecular flexibility index (Phi) is 8.26. The van der Waals surface area contributed by atoms with Crippen molar-refractivity contribution in [1.29, 1.82) is 0 Å². The SMILES string of the molecule is CCCC(C)CC(CBr)CBr. The van der Waals surface area contributed by atoms with Crippen LogP contribution in [0.15, 0.2) is 0 Å². The van der Waals surface area contributed by atoms with Crippen LogP contribution in [0, 0.1) is 11.8 Å². The summed E-state index contributed by atoms with van der Waals surface area (Å²) in [7, 11) is 0. The third kappa shape index (κ3) is 6.15. The molecule has 68 valence electrons. The summed E-state index contributed by atoms with van der Waals surface area (Å²) in [4.78, 5) is 0. The van der Waals surface area contributed by atoms with Crippen molar-refractivity contribution < 1.29 is 0 Å². The minimum atomic E-state index is 0.816. The Labute approximate surface area is 87.4 Å². The van der Waals surface area contributed by atoms with E-state index in [4.69, 9.17) is 0 Å². The summed E-state index contributed by atoms with van der Waals surface area (Å²) in [6.45, 7) is 4.61. The molecule has 0 rings (SSSR count). The van der Waals surface area contributed by atoms with Gasteiger partial charge in [0.25, 0.3) is 0 Å². The maximum absolute atomic E-state index is 3.53. The highest BCUT2D eigenvalue weighted by Gasteiger charge is 2.09. The molecule has 0 aliphatic heterocycles. The summed E-state index contributed by atoms with van der Waals surface area (Å²) >= 11 is 7.05. The zero-order valence-corrected chi connectivity index (χ0v) is 10.6. The molecule has 1 atom stereocenters. The second-order valence-corrected chi connectivity index (χ2v) is 4.60. The molecule has 0 saturated heterocycles. The van der Waals surface area contributed by atoms with Crippen LogP contribution in [-0.4, -0.2) is 10.7 Å². The van der Waals surface area contributed by atoms with Crippen LogP contribution in [0.1, 0.15) is 33.1 Å². The first kappa shape index (κ1) is 12.0. The summed E-state index contributed by atoms with van der Waals surface area (Å²) in [5.74, 6) is 1.71. The molecule has 0 aromatic carbocycles. The van der Waals surface area contributed by atoms with E-state index in [1.807, 2.05) is 0 Å². The molecule has 1 unspecified atom stereocenters. The lowest BCUT2D eigenvalue weighted by atomic mass is 9.95. The van der Waals surface area contributed by atoms with E-state index < -0.39 is 0 Å². The van der Waals surface area contributed by atoms with Crippen molar-refractivity contribution in [2.75, 3.05) is 10.7 Å². The normalized spacial score (nSPS) is 13.9. The molecule has 0 N–H and O–H groups in total. The van der Waals surface area contributed by atoms with E-state index in [-0.39, 0.29) is 0 Å². The summed E-state index contributed by atoms with van der Waals surface area (Å²) in [5, 5.41) is 2.26. The van der Waals surface area contributed by atoms with Gasteiger partial charge in [-0.25, -0.2) is 0 Å². The molecule has 2 heteroatoms. The Hall–Kier alpha value is 0.960. The van der Waals surface area contributed by atoms with Gasteiger partial charge in [0.1, 0.15) is 0 Å². The fraction of sp³-hybridized carbons (Fsp3) is 1.00. The maximum atomic E-state index is 3.53. The van der Waals surface area contributed by atoms with Gasteiger partial charge < -0.3 is 0 Å². The van der Waals surface area contributed by atoms with Gasteiger partial charge in [-0.05, 0) is 18.3 Å². The van der Waals surface area contributed by atoms with Crippen molar-refractivity contribution in [3.05, 3.63) is 0 Å². The molecule has 0 radical (unpaired) electrons. The third-order valence-corrected chi connectivity index (χ3v) is 3.78. The summed E-state index contributed by atoms with van der Waals surface area (Å²) in [6, 6.07) is 0. The van der Waals surface area contributed by atoms with E-state index in [0.29, 0.717) is 0 Å². The first-order chi connectivity index (χ1) is 5.24. The lowest BCUT2D eigenvalue weighted by Gasteiger charge is -2.15. The molecule has 0 aliphatic carbocycles. The van der Waals surface area contributed by atoms with Crippen LogP contribution in [0.5, 0.6) is 0 Å². The van der Waals surface area contributed by atoms with Gasteiger partial charge in [-0.3, -0.25) is 0 Å². The highest BCUT2D eigenvalue weighted by Crippen LogP contribution is 2.19. The quantitative estimate of drug-likeness (QED) is 0.641. The summed E-state index contributed by atoms with van der Waals surface area (Å²) in [6.07, 6.45) is 4.04. The van der Waals surface area contributed by atoms with Crippen LogP contribution in [0.25, 0.3) is 0 Å². The van der Waals surface area contributed by atoms with Crippen molar-refractivity contribution in [2.45, 2.75) is 33.1 Å². The molecule has 0 fully saturated rings. The molecule has 0 aromatic rings. The average Bonchev–Trinajstić information content (AvgIpc) is 2.01. The highest BCUT2D eigenvalue weighted by atomic mass is 79.9. The van der Waals surface area contributed by atoms with Crippen LogP contribution < -0.4 is 0 Å². The zero-order chi connectivity index (χ0) is 8.69. The fourth-order valence-corrected chi connectivity index (χ4v) is 2.95. The predicted molar refractivity (Wildman–Crippen MR) is 59.8 cm³/mol. The average molecular weight is 286 g/mol. The van der Waals surface area contributed by atoms with Crippen LogP contribution >= 0.6 is 31.9 Å². The first-order valence-electron chi connectivity index (χ1n) is 4.36. The number of hydrogen-bond acceptors (Lipinski definition) is 0. The van der Waals surface area contributed by atoms with Crippen molar-refractivity contribution in [1.82, 2.24) is 0 Å². The van der Waals surface area contributed by atoms with Crippen LogP contribution in [0.3, 0.4) is 0 Å². The molecular formula is C9H18Br2. The molecule has 0 saturated carbocycles. The summed E-state index contributed by atoms with van der Waals surface area (Å²) < 4.78 is 0. The fourth-order valence-electron chi connectivity index (χ4n) is 1.35. The lowest BCUT2D eigenvalue weighted by Crippen LogP contribution is -2.09. The largest absolute Gasteiger partial charge is 0.0925 e. The number of hydrogen-bond donors (Lipinski definition) is 0. The molecule has 0 spiro atoms. The van der Waals surface area contributed by atoms with Crippen molar-refractivity contribution in [2.24, 2.45) is 11.8 Å². The Bertz CT molecular complexity index is 79.6. The highest BCUT2D eigenvalue weighted by molar-refractivity contribution is 9.09. The molecule has 11 heavy (non-hydrogen) atoms. The minimum absolute atomic E-state index is 0.816. The molecule has 0 nitrogen and oxygen atoms in total. The van der Waals surface area contributed by atoms with Crippen molar-refractivity contribution in [3.63, 3.8) is 0 Å². The lowest BCUT2D eigenvalue weighted by molar-refractivity contribution is 0.422. The molecule has 0 aliphatic rings. The van der Waals surface area contributed by atoms with E-state index in [1.165, 1.54) is 19.3 Å². The molecule has 0 amide bonds. The van der Waals surface area contributed by atoms with Crippen LogP contribution in [0.2, 0.25) is 0 Å². The second kappa shape index (κ2) is 7.60. The van der Waals surface area contributed by atoms with Gasteiger partial charge in [0.15, 0.2) is 0 Å². The molecule has 0 bridgehead atoms. The van der Waals surface area contributed by atoms with Crippen molar-refractivity contribution in [3.8, 4) is 0 Å². The van der Waals surface area contributed by atoms with Gasteiger partial charge in [-0.1, -0.05) is 58.5 Å². The minimum Gasteiger partial charge on any atom is -0.0925 e. The van der Waals surface area contributed by atoms with Crippen LogP contribution in [-0.2, 0) is 0 Å². The maximum Gasteiger partial charge on any atom is 0.00677 e. The van der Waals surface area contributed by atoms with Gasteiger partial charge in [0.2, 0.25) is 0 Å². The van der Waals surface area contributed by atoms with Gasteiger partial charge in [0, 0.05) is 10.7 Å². The Morgan fingerprint density at radius 3 is 2.09 bits per heavy atom. The van der Waals surface area contributed by atoms with Gasteiger partial charge in [0.05, 0.1) is 0 Å². The number of rotatable bonds is 6. The first-order valence-corrected chi connectivity index (χ1v) is 6.60. The monoisotopic (exact) mass is 284 g/mol. The Morgan fingerprint density at radius 1 is 1.18 bits per heavy atom.